The summed E-state index contributed by atoms with van der Waals surface area (Å²) in [7, 11) is 1.94. The molecule has 0 saturated carbocycles. The van der Waals surface area contributed by atoms with Gasteiger partial charge in [0.1, 0.15) is 0 Å². The number of amides is 1. The molecule has 0 unspecified atom stereocenters. The molecule has 5 heteroatoms. The van der Waals surface area contributed by atoms with Crippen LogP contribution in [0, 0.1) is 0 Å². The van der Waals surface area contributed by atoms with Crippen LogP contribution in [0.5, 0.6) is 0 Å². The smallest absolute Gasteiger partial charge is 0.240 e. The van der Waals surface area contributed by atoms with Gasteiger partial charge in [-0.05, 0) is 23.6 Å². The van der Waals surface area contributed by atoms with Crippen molar-refractivity contribution in [1.29, 1.82) is 0 Å². The Kier molecular flexibility index (Phi) is 5.32. The highest BCUT2D eigenvalue weighted by atomic mass is 32.1. The number of aromatic nitrogens is 1. The first-order valence-electron chi connectivity index (χ1n) is 7.32. The lowest BCUT2D eigenvalue weighted by atomic mass is 9.87. The second-order valence-corrected chi connectivity index (χ2v) is 7.40. The van der Waals surface area contributed by atoms with E-state index in [1.807, 2.05) is 17.3 Å². The maximum atomic E-state index is 11.9. The van der Waals surface area contributed by atoms with Crippen LogP contribution in [-0.2, 0) is 16.8 Å². The molecule has 0 aliphatic heterocycles. The zero-order valence-corrected chi connectivity index (χ0v) is 14.4. The molecule has 2 rings (SSSR count). The van der Waals surface area contributed by atoms with E-state index >= 15 is 0 Å². The molecule has 1 aromatic heterocycles. The first kappa shape index (κ1) is 16.6. The van der Waals surface area contributed by atoms with Crippen LogP contribution in [0.2, 0.25) is 0 Å². The maximum Gasteiger partial charge on any atom is 0.240 e. The SMILES string of the molecule is CN(CC(=O)Nc1nccs1)Cc1ccc(C(C)(C)C)cc1. The number of rotatable bonds is 5. The molecule has 1 N–H and O–H groups in total. The summed E-state index contributed by atoms with van der Waals surface area (Å²) in [5.41, 5.74) is 2.69. The van der Waals surface area contributed by atoms with E-state index in [9.17, 15) is 4.79 Å². The highest BCUT2D eigenvalue weighted by molar-refractivity contribution is 7.13. The van der Waals surface area contributed by atoms with Crippen molar-refractivity contribution in [3.05, 3.63) is 47.0 Å². The standard InChI is InChI=1S/C17H23N3OS/c1-17(2,3)14-7-5-13(6-8-14)11-20(4)12-15(21)19-16-18-9-10-22-16/h5-10H,11-12H2,1-4H3,(H,18,19,21). The van der Waals surface area contributed by atoms with E-state index in [1.54, 1.807) is 6.20 Å². The number of nitrogens with one attached hydrogen (secondary N) is 1. The van der Waals surface area contributed by atoms with Crippen LogP contribution in [0.3, 0.4) is 0 Å². The highest BCUT2D eigenvalue weighted by Gasteiger charge is 2.13. The minimum absolute atomic E-state index is 0.0382. The predicted octanol–water partition coefficient (Wildman–Crippen LogP) is 3.51. The first-order valence-corrected chi connectivity index (χ1v) is 8.20. The summed E-state index contributed by atoms with van der Waals surface area (Å²) in [4.78, 5) is 18.0. The molecule has 1 amide bonds. The average Bonchev–Trinajstić information content (AvgIpc) is 2.90. The van der Waals surface area contributed by atoms with Crippen molar-refractivity contribution in [1.82, 2.24) is 9.88 Å². The highest BCUT2D eigenvalue weighted by Crippen LogP contribution is 2.22. The quantitative estimate of drug-likeness (QED) is 0.918. The summed E-state index contributed by atoms with van der Waals surface area (Å²) in [6.07, 6.45) is 1.68. The molecule has 0 radical (unpaired) electrons. The van der Waals surface area contributed by atoms with Crippen molar-refractivity contribution in [3.8, 4) is 0 Å². The van der Waals surface area contributed by atoms with Gasteiger partial charge in [0.15, 0.2) is 5.13 Å². The summed E-state index contributed by atoms with van der Waals surface area (Å²) in [5.74, 6) is -0.0382. The topological polar surface area (TPSA) is 45.2 Å². The molecule has 0 aliphatic carbocycles. The van der Waals surface area contributed by atoms with Crippen LogP contribution in [0.1, 0.15) is 31.9 Å². The first-order chi connectivity index (χ1) is 10.3. The lowest BCUT2D eigenvalue weighted by molar-refractivity contribution is -0.117. The fourth-order valence-electron chi connectivity index (χ4n) is 2.17. The van der Waals surface area contributed by atoms with Crippen LogP contribution in [0.4, 0.5) is 5.13 Å². The molecule has 0 bridgehead atoms. The van der Waals surface area contributed by atoms with E-state index in [-0.39, 0.29) is 11.3 Å². The Labute approximate surface area is 136 Å². The zero-order valence-electron chi connectivity index (χ0n) is 13.6. The Hall–Kier alpha value is -1.72. The zero-order chi connectivity index (χ0) is 16.2. The molecule has 118 valence electrons. The number of hydrogen-bond acceptors (Lipinski definition) is 4. The summed E-state index contributed by atoms with van der Waals surface area (Å²) in [6.45, 7) is 7.71. The molecule has 4 nitrogen and oxygen atoms in total. The molecule has 22 heavy (non-hydrogen) atoms. The minimum atomic E-state index is -0.0382. The monoisotopic (exact) mass is 317 g/mol. The molecule has 0 aliphatic rings. The Balaban J connectivity index is 1.86. The van der Waals surface area contributed by atoms with Crippen molar-refractivity contribution < 1.29 is 4.79 Å². The lowest BCUT2D eigenvalue weighted by Gasteiger charge is -2.20. The minimum Gasteiger partial charge on any atom is -0.301 e. The van der Waals surface area contributed by atoms with Crippen LogP contribution >= 0.6 is 11.3 Å². The van der Waals surface area contributed by atoms with Gasteiger partial charge in [-0.25, -0.2) is 4.98 Å². The van der Waals surface area contributed by atoms with Crippen LogP contribution < -0.4 is 5.32 Å². The summed E-state index contributed by atoms with van der Waals surface area (Å²) < 4.78 is 0. The third-order valence-corrected chi connectivity index (χ3v) is 4.05. The number of hydrogen-bond donors (Lipinski definition) is 1. The van der Waals surface area contributed by atoms with Gasteiger partial charge in [-0.15, -0.1) is 11.3 Å². The third-order valence-electron chi connectivity index (χ3n) is 3.36. The third kappa shape index (κ3) is 4.93. The van der Waals surface area contributed by atoms with Crippen molar-refractivity contribution in [3.63, 3.8) is 0 Å². The van der Waals surface area contributed by atoms with Crippen LogP contribution in [-0.4, -0.2) is 29.4 Å². The van der Waals surface area contributed by atoms with Crippen molar-refractivity contribution >= 4 is 22.4 Å². The van der Waals surface area contributed by atoms with E-state index in [1.165, 1.54) is 22.5 Å². The lowest BCUT2D eigenvalue weighted by Crippen LogP contribution is -2.29. The summed E-state index contributed by atoms with van der Waals surface area (Å²) in [5, 5.41) is 5.28. The Morgan fingerprint density at radius 3 is 2.50 bits per heavy atom. The molecule has 0 spiro atoms. The Bertz CT molecular complexity index is 600. The van der Waals surface area contributed by atoms with E-state index in [4.69, 9.17) is 0 Å². The number of anilines is 1. The number of thiazole rings is 1. The maximum absolute atomic E-state index is 11.9. The number of carbonyl (C=O) groups excluding carboxylic acids is 1. The predicted molar refractivity (Wildman–Crippen MR) is 92.2 cm³/mol. The normalized spacial score (nSPS) is 11.7. The van der Waals surface area contributed by atoms with Gasteiger partial charge in [-0.3, -0.25) is 9.69 Å². The second kappa shape index (κ2) is 7.03. The Morgan fingerprint density at radius 1 is 1.27 bits per heavy atom. The molecular formula is C17H23N3OS. The molecule has 0 saturated heterocycles. The number of nitrogens with zero attached hydrogens (tertiary/aromatic N) is 2. The number of benzene rings is 1. The van der Waals surface area contributed by atoms with Crippen molar-refractivity contribution in [2.24, 2.45) is 0 Å². The van der Waals surface area contributed by atoms with Crippen LogP contribution in [0.25, 0.3) is 0 Å². The molecular weight excluding hydrogens is 294 g/mol. The van der Waals surface area contributed by atoms with Crippen molar-refractivity contribution in [2.75, 3.05) is 18.9 Å². The van der Waals surface area contributed by atoms with Crippen LogP contribution in [0.15, 0.2) is 35.8 Å². The van der Waals surface area contributed by atoms with Gasteiger partial charge < -0.3 is 5.32 Å². The van der Waals surface area contributed by atoms with Gasteiger partial charge in [-0.2, -0.15) is 0 Å². The van der Waals surface area contributed by atoms with E-state index in [0.29, 0.717) is 11.7 Å². The van der Waals surface area contributed by atoms with Crippen molar-refractivity contribution in [2.45, 2.75) is 32.7 Å². The number of likely N-dealkylation sites (N-methyl/N-ethyl adjacent to an activating group) is 1. The van der Waals surface area contributed by atoms with Gasteiger partial charge in [0.05, 0.1) is 6.54 Å². The van der Waals surface area contributed by atoms with Gasteiger partial charge in [-0.1, -0.05) is 45.0 Å². The van der Waals surface area contributed by atoms with Gasteiger partial charge in [0, 0.05) is 18.1 Å². The summed E-state index contributed by atoms with van der Waals surface area (Å²) in [6, 6.07) is 8.60. The fraction of sp³-hybridized carbons (Fsp3) is 0.412. The molecule has 1 heterocycles. The van der Waals surface area contributed by atoms with E-state index in [0.717, 1.165) is 6.54 Å². The average molecular weight is 317 g/mol. The van der Waals surface area contributed by atoms with E-state index in [2.05, 4.69) is 55.3 Å². The van der Waals surface area contributed by atoms with E-state index < -0.39 is 0 Å². The van der Waals surface area contributed by atoms with Gasteiger partial charge in [0.25, 0.3) is 0 Å². The van der Waals surface area contributed by atoms with Gasteiger partial charge >= 0.3 is 0 Å². The summed E-state index contributed by atoms with van der Waals surface area (Å²) >= 11 is 1.42. The largest absolute Gasteiger partial charge is 0.301 e. The molecule has 2 aromatic rings. The number of carbonyl (C=O) groups is 1. The fourth-order valence-corrected chi connectivity index (χ4v) is 2.71. The molecule has 0 fully saturated rings. The second-order valence-electron chi connectivity index (χ2n) is 6.50. The molecule has 1 aromatic carbocycles. The Morgan fingerprint density at radius 2 is 1.95 bits per heavy atom. The van der Waals surface area contributed by atoms with Gasteiger partial charge in [0.2, 0.25) is 5.91 Å². The molecule has 0 atom stereocenters.